The number of carbonyl (C=O) groups excluding carboxylic acids is 1. The van der Waals surface area contributed by atoms with Crippen molar-refractivity contribution in [2.24, 2.45) is 11.7 Å². The largest absolute Gasteiger partial charge is 0.353 e. The Bertz CT molecular complexity index is 506. The molecule has 1 aromatic heterocycles. The molecule has 23 heavy (non-hydrogen) atoms. The van der Waals surface area contributed by atoms with E-state index in [0.717, 1.165) is 51.3 Å². The van der Waals surface area contributed by atoms with Gasteiger partial charge in [-0.05, 0) is 25.0 Å². The smallest absolute Gasteiger partial charge is 0.227 e. The Balaban J connectivity index is 0.00000132. The van der Waals surface area contributed by atoms with Crippen LogP contribution in [0.2, 0.25) is 5.02 Å². The molecule has 2 N–H and O–H groups in total. The molecule has 2 heterocycles. The van der Waals surface area contributed by atoms with E-state index < -0.39 is 0 Å². The lowest BCUT2D eigenvalue weighted by Crippen LogP contribution is -2.52. The van der Waals surface area contributed by atoms with Crippen LogP contribution in [-0.2, 0) is 4.79 Å². The molecule has 0 bridgehead atoms. The Labute approximate surface area is 154 Å². The lowest BCUT2D eigenvalue weighted by Gasteiger charge is -2.37. The summed E-state index contributed by atoms with van der Waals surface area (Å²) >= 11 is 5.86. The molecule has 1 aliphatic carbocycles. The zero-order valence-corrected chi connectivity index (χ0v) is 15.2. The Morgan fingerprint density at radius 1 is 1.17 bits per heavy atom. The van der Waals surface area contributed by atoms with E-state index in [4.69, 9.17) is 17.3 Å². The average Bonchev–Trinajstić information content (AvgIpc) is 2.94. The maximum absolute atomic E-state index is 12.5. The maximum Gasteiger partial charge on any atom is 0.227 e. The van der Waals surface area contributed by atoms with Gasteiger partial charge >= 0.3 is 0 Å². The number of piperazine rings is 1. The summed E-state index contributed by atoms with van der Waals surface area (Å²) in [7, 11) is 0. The maximum atomic E-state index is 12.5. The standard InChI is InChI=1S/C15H21ClN4O.2ClH/c16-11-4-5-14(18-10-11)19-6-8-20(9-7-19)15(21)12-2-1-3-13(12)17;;/h4-5,10,12-13H,1-3,6-9,17H2;2*1H. The lowest BCUT2D eigenvalue weighted by atomic mass is 10.0. The first-order chi connectivity index (χ1) is 10.1. The zero-order valence-electron chi connectivity index (χ0n) is 12.9. The normalized spacial score (nSPS) is 23.9. The molecule has 0 spiro atoms. The van der Waals surface area contributed by atoms with E-state index in [9.17, 15) is 4.79 Å². The quantitative estimate of drug-likeness (QED) is 0.854. The van der Waals surface area contributed by atoms with Gasteiger partial charge < -0.3 is 15.5 Å². The highest BCUT2D eigenvalue weighted by Crippen LogP contribution is 2.26. The summed E-state index contributed by atoms with van der Waals surface area (Å²) in [4.78, 5) is 21.0. The van der Waals surface area contributed by atoms with Gasteiger partial charge in [-0.2, -0.15) is 0 Å². The minimum atomic E-state index is 0. The molecule has 5 nitrogen and oxygen atoms in total. The molecule has 1 saturated heterocycles. The van der Waals surface area contributed by atoms with Crippen LogP contribution in [-0.4, -0.2) is 48.0 Å². The lowest BCUT2D eigenvalue weighted by molar-refractivity contribution is -0.136. The summed E-state index contributed by atoms with van der Waals surface area (Å²) in [5.41, 5.74) is 6.04. The number of halogens is 3. The predicted octanol–water partition coefficient (Wildman–Crippen LogP) is 2.35. The van der Waals surface area contributed by atoms with Crippen LogP contribution in [0.1, 0.15) is 19.3 Å². The third-order valence-corrected chi connectivity index (χ3v) is 4.74. The Hall–Kier alpha value is -0.750. The molecule has 1 aliphatic heterocycles. The van der Waals surface area contributed by atoms with Crippen molar-refractivity contribution in [2.45, 2.75) is 25.3 Å². The summed E-state index contributed by atoms with van der Waals surface area (Å²) < 4.78 is 0. The van der Waals surface area contributed by atoms with Crippen LogP contribution in [0.15, 0.2) is 18.3 Å². The van der Waals surface area contributed by atoms with Crippen LogP contribution in [0.3, 0.4) is 0 Å². The highest BCUT2D eigenvalue weighted by molar-refractivity contribution is 6.30. The molecule has 2 atom stereocenters. The predicted molar refractivity (Wildman–Crippen MR) is 97.9 cm³/mol. The molecular formula is C15H23Cl3N4O. The zero-order chi connectivity index (χ0) is 14.8. The molecule has 2 unspecified atom stereocenters. The molecule has 0 radical (unpaired) electrons. The number of nitrogens with two attached hydrogens (primary N) is 1. The number of amides is 1. The topological polar surface area (TPSA) is 62.5 Å². The van der Waals surface area contributed by atoms with Gasteiger partial charge in [0.15, 0.2) is 0 Å². The second-order valence-electron chi connectivity index (χ2n) is 5.85. The van der Waals surface area contributed by atoms with E-state index >= 15 is 0 Å². The molecular weight excluding hydrogens is 359 g/mol. The molecule has 0 aromatic carbocycles. The number of carbonyl (C=O) groups is 1. The van der Waals surface area contributed by atoms with Crippen molar-refractivity contribution < 1.29 is 4.79 Å². The first-order valence-corrected chi connectivity index (χ1v) is 7.94. The van der Waals surface area contributed by atoms with Gasteiger partial charge in [0.25, 0.3) is 0 Å². The van der Waals surface area contributed by atoms with Crippen molar-refractivity contribution in [3.63, 3.8) is 0 Å². The van der Waals surface area contributed by atoms with E-state index in [2.05, 4.69) is 9.88 Å². The fourth-order valence-corrected chi connectivity index (χ4v) is 3.35. The number of nitrogens with zero attached hydrogens (tertiary/aromatic N) is 3. The van der Waals surface area contributed by atoms with Gasteiger partial charge in [-0.25, -0.2) is 4.98 Å². The van der Waals surface area contributed by atoms with Crippen LogP contribution in [0, 0.1) is 5.92 Å². The molecule has 1 amide bonds. The van der Waals surface area contributed by atoms with Gasteiger partial charge in [-0.15, -0.1) is 24.8 Å². The SMILES string of the molecule is Cl.Cl.NC1CCCC1C(=O)N1CCN(c2ccc(Cl)cn2)CC1. The van der Waals surface area contributed by atoms with Crippen LogP contribution in [0.4, 0.5) is 5.82 Å². The van der Waals surface area contributed by atoms with E-state index in [1.165, 1.54) is 0 Å². The first kappa shape index (κ1) is 20.3. The van der Waals surface area contributed by atoms with Crippen molar-refractivity contribution in [3.8, 4) is 0 Å². The minimum absolute atomic E-state index is 0. The monoisotopic (exact) mass is 380 g/mol. The number of hydrogen-bond acceptors (Lipinski definition) is 4. The molecule has 3 rings (SSSR count). The minimum Gasteiger partial charge on any atom is -0.353 e. The van der Waals surface area contributed by atoms with E-state index in [1.807, 2.05) is 17.0 Å². The third-order valence-electron chi connectivity index (χ3n) is 4.51. The van der Waals surface area contributed by atoms with E-state index in [0.29, 0.717) is 5.02 Å². The van der Waals surface area contributed by atoms with Gasteiger partial charge in [0, 0.05) is 38.4 Å². The highest BCUT2D eigenvalue weighted by atomic mass is 35.5. The summed E-state index contributed by atoms with van der Waals surface area (Å²) in [5, 5.41) is 0.641. The second kappa shape index (κ2) is 8.92. The van der Waals surface area contributed by atoms with Crippen molar-refractivity contribution >= 4 is 48.1 Å². The van der Waals surface area contributed by atoms with E-state index in [-0.39, 0.29) is 42.7 Å². The van der Waals surface area contributed by atoms with Gasteiger partial charge in [0.2, 0.25) is 5.91 Å². The fraction of sp³-hybridized carbons (Fsp3) is 0.600. The Morgan fingerprint density at radius 3 is 2.39 bits per heavy atom. The third kappa shape index (κ3) is 4.63. The highest BCUT2D eigenvalue weighted by Gasteiger charge is 2.34. The van der Waals surface area contributed by atoms with Crippen molar-refractivity contribution in [1.82, 2.24) is 9.88 Å². The number of hydrogen-bond donors (Lipinski definition) is 1. The number of anilines is 1. The van der Waals surface area contributed by atoms with Crippen molar-refractivity contribution in [3.05, 3.63) is 23.4 Å². The van der Waals surface area contributed by atoms with Gasteiger partial charge in [-0.1, -0.05) is 18.0 Å². The van der Waals surface area contributed by atoms with Gasteiger partial charge in [-0.3, -0.25) is 4.79 Å². The summed E-state index contributed by atoms with van der Waals surface area (Å²) in [6.07, 6.45) is 4.65. The number of aromatic nitrogens is 1. The molecule has 2 fully saturated rings. The van der Waals surface area contributed by atoms with Gasteiger partial charge in [0.05, 0.1) is 10.9 Å². The number of pyridine rings is 1. The fourth-order valence-electron chi connectivity index (χ4n) is 3.24. The molecule has 8 heteroatoms. The van der Waals surface area contributed by atoms with Crippen molar-refractivity contribution in [1.29, 1.82) is 0 Å². The molecule has 1 aromatic rings. The van der Waals surface area contributed by atoms with E-state index in [1.54, 1.807) is 6.20 Å². The van der Waals surface area contributed by atoms with Crippen molar-refractivity contribution in [2.75, 3.05) is 31.1 Å². The van der Waals surface area contributed by atoms with Crippen LogP contribution >= 0.6 is 36.4 Å². The first-order valence-electron chi connectivity index (χ1n) is 7.56. The summed E-state index contributed by atoms with van der Waals surface area (Å²) in [6.45, 7) is 3.10. The number of rotatable bonds is 2. The molecule has 130 valence electrons. The second-order valence-corrected chi connectivity index (χ2v) is 6.28. The summed E-state index contributed by atoms with van der Waals surface area (Å²) in [6, 6.07) is 3.82. The average molecular weight is 382 g/mol. The van der Waals surface area contributed by atoms with Gasteiger partial charge in [0.1, 0.15) is 5.82 Å². The van der Waals surface area contributed by atoms with Crippen LogP contribution in [0.25, 0.3) is 0 Å². The van der Waals surface area contributed by atoms with Crippen LogP contribution < -0.4 is 10.6 Å². The Morgan fingerprint density at radius 2 is 1.87 bits per heavy atom. The molecule has 2 aliphatic rings. The van der Waals surface area contributed by atoms with Crippen LogP contribution in [0.5, 0.6) is 0 Å². The Kier molecular flexibility index (Phi) is 7.87. The molecule has 1 saturated carbocycles. The summed E-state index contributed by atoms with van der Waals surface area (Å²) in [5.74, 6) is 1.19.